The van der Waals surface area contributed by atoms with E-state index in [1.54, 1.807) is 26.0 Å². The molecule has 0 aliphatic carbocycles. The lowest BCUT2D eigenvalue weighted by Gasteiger charge is -2.12. The number of carbonyl (C=O) groups is 1. The molecule has 4 heteroatoms. The summed E-state index contributed by atoms with van der Waals surface area (Å²) in [6, 6.07) is 5.58. The molecule has 2 aromatic carbocycles. The second kappa shape index (κ2) is 5.64. The van der Waals surface area contributed by atoms with Crippen molar-refractivity contribution in [2.24, 2.45) is 0 Å². The first-order valence-corrected chi connectivity index (χ1v) is 6.51. The Morgan fingerprint density at radius 2 is 1.57 bits per heavy atom. The maximum absolute atomic E-state index is 14.1. The van der Waals surface area contributed by atoms with Crippen molar-refractivity contribution in [3.05, 3.63) is 63.7 Å². The van der Waals surface area contributed by atoms with Crippen molar-refractivity contribution >= 4 is 5.78 Å². The Bertz CT molecular complexity index is 698. The first-order valence-electron chi connectivity index (χ1n) is 6.51. The average Bonchev–Trinajstić information content (AvgIpc) is 2.43. The van der Waals surface area contributed by atoms with Crippen molar-refractivity contribution in [3.63, 3.8) is 0 Å². The van der Waals surface area contributed by atoms with Crippen molar-refractivity contribution in [1.29, 1.82) is 0 Å². The highest BCUT2D eigenvalue weighted by Gasteiger charge is 2.21. The van der Waals surface area contributed by atoms with E-state index in [0.29, 0.717) is 5.75 Å². The van der Waals surface area contributed by atoms with E-state index in [1.165, 1.54) is 20.1 Å². The molecule has 2 nitrogen and oxygen atoms in total. The van der Waals surface area contributed by atoms with Gasteiger partial charge in [0.2, 0.25) is 0 Å². The zero-order valence-electron chi connectivity index (χ0n) is 12.4. The lowest BCUT2D eigenvalue weighted by molar-refractivity contribution is 0.103. The molecular weight excluding hydrogens is 274 g/mol. The predicted octanol–water partition coefficient (Wildman–Crippen LogP) is 4.13. The van der Waals surface area contributed by atoms with Gasteiger partial charge >= 0.3 is 0 Å². The molecule has 2 rings (SSSR count). The van der Waals surface area contributed by atoms with Crippen LogP contribution in [0.5, 0.6) is 5.75 Å². The molecule has 0 spiro atoms. The van der Waals surface area contributed by atoms with Crippen molar-refractivity contribution in [2.75, 3.05) is 7.11 Å². The summed E-state index contributed by atoms with van der Waals surface area (Å²) in [5, 5.41) is 0. The van der Waals surface area contributed by atoms with Crippen LogP contribution >= 0.6 is 0 Å². The number of ether oxygens (including phenoxy) is 1. The molecule has 0 unspecified atom stereocenters. The SMILES string of the molecule is COc1c(C)cc(C(=O)c2c(F)ccc(C)c2F)cc1C. The van der Waals surface area contributed by atoms with Gasteiger partial charge in [0.1, 0.15) is 17.4 Å². The highest BCUT2D eigenvalue weighted by atomic mass is 19.1. The van der Waals surface area contributed by atoms with Crippen molar-refractivity contribution < 1.29 is 18.3 Å². The smallest absolute Gasteiger partial charge is 0.198 e. The molecule has 0 bridgehead atoms. The Morgan fingerprint density at radius 3 is 2.10 bits per heavy atom. The lowest BCUT2D eigenvalue weighted by atomic mass is 9.97. The van der Waals surface area contributed by atoms with Gasteiger partial charge in [0.15, 0.2) is 5.78 Å². The molecule has 0 atom stereocenters. The molecule has 0 heterocycles. The molecule has 0 aliphatic heterocycles. The fourth-order valence-corrected chi connectivity index (χ4v) is 2.41. The molecule has 21 heavy (non-hydrogen) atoms. The standard InChI is InChI=1S/C17H16F2O2/c1-9-5-6-13(18)14(15(9)19)16(20)12-7-10(2)17(21-4)11(3)8-12/h5-8H,1-4H3. The van der Waals surface area contributed by atoms with Gasteiger partial charge in [-0.1, -0.05) is 6.07 Å². The van der Waals surface area contributed by atoms with Crippen LogP contribution in [-0.4, -0.2) is 12.9 Å². The third-order valence-electron chi connectivity index (χ3n) is 3.44. The zero-order valence-corrected chi connectivity index (χ0v) is 12.4. The number of ketones is 1. The van der Waals surface area contributed by atoms with Gasteiger partial charge < -0.3 is 4.74 Å². The van der Waals surface area contributed by atoms with E-state index < -0.39 is 23.0 Å². The fourth-order valence-electron chi connectivity index (χ4n) is 2.41. The van der Waals surface area contributed by atoms with Gasteiger partial charge in [0.25, 0.3) is 0 Å². The third-order valence-corrected chi connectivity index (χ3v) is 3.44. The quantitative estimate of drug-likeness (QED) is 0.794. The number of hydrogen-bond donors (Lipinski definition) is 0. The molecule has 110 valence electrons. The number of carbonyl (C=O) groups excluding carboxylic acids is 1. The Kier molecular flexibility index (Phi) is 4.07. The van der Waals surface area contributed by atoms with E-state index in [2.05, 4.69) is 0 Å². The number of halogens is 2. The van der Waals surface area contributed by atoms with Crippen molar-refractivity contribution in [3.8, 4) is 5.75 Å². The fraction of sp³-hybridized carbons (Fsp3) is 0.235. The van der Waals surface area contributed by atoms with Gasteiger partial charge in [-0.05, 0) is 55.7 Å². The Balaban J connectivity index is 2.59. The molecule has 0 fully saturated rings. The summed E-state index contributed by atoms with van der Waals surface area (Å²) in [6.45, 7) is 5.06. The topological polar surface area (TPSA) is 26.3 Å². The van der Waals surface area contributed by atoms with Crippen molar-refractivity contribution in [2.45, 2.75) is 20.8 Å². The number of benzene rings is 2. The molecule has 0 aromatic heterocycles. The monoisotopic (exact) mass is 290 g/mol. The summed E-state index contributed by atoms with van der Waals surface area (Å²) in [6.07, 6.45) is 0. The predicted molar refractivity (Wildman–Crippen MR) is 77.0 cm³/mol. The second-order valence-corrected chi connectivity index (χ2v) is 5.03. The maximum Gasteiger partial charge on any atom is 0.198 e. The van der Waals surface area contributed by atoms with E-state index in [4.69, 9.17) is 4.74 Å². The Hall–Kier alpha value is -2.23. The van der Waals surface area contributed by atoms with Crippen LogP contribution in [0.25, 0.3) is 0 Å². The summed E-state index contributed by atoms with van der Waals surface area (Å²) >= 11 is 0. The minimum absolute atomic E-state index is 0.238. The summed E-state index contributed by atoms with van der Waals surface area (Å²) in [4.78, 5) is 12.4. The largest absolute Gasteiger partial charge is 0.496 e. The maximum atomic E-state index is 14.1. The van der Waals surface area contributed by atoms with E-state index in [0.717, 1.165) is 17.2 Å². The van der Waals surface area contributed by atoms with Crippen LogP contribution in [0, 0.1) is 32.4 Å². The zero-order chi connectivity index (χ0) is 15.7. The van der Waals surface area contributed by atoms with E-state index in [9.17, 15) is 13.6 Å². The summed E-state index contributed by atoms with van der Waals surface area (Å²) < 4.78 is 33.1. The van der Waals surface area contributed by atoms with E-state index >= 15 is 0 Å². The number of rotatable bonds is 3. The van der Waals surface area contributed by atoms with Gasteiger partial charge in [-0.25, -0.2) is 8.78 Å². The highest BCUT2D eigenvalue weighted by Crippen LogP contribution is 2.27. The number of methoxy groups -OCH3 is 1. The van der Waals surface area contributed by atoms with Gasteiger partial charge in [0.05, 0.1) is 12.7 Å². The minimum atomic E-state index is -0.853. The van der Waals surface area contributed by atoms with Crippen LogP contribution in [0.4, 0.5) is 8.78 Å². The lowest BCUT2D eigenvalue weighted by Crippen LogP contribution is -2.10. The van der Waals surface area contributed by atoms with Gasteiger partial charge in [0, 0.05) is 5.56 Å². The van der Waals surface area contributed by atoms with Gasteiger partial charge in [-0.15, -0.1) is 0 Å². The molecular formula is C17H16F2O2. The second-order valence-electron chi connectivity index (χ2n) is 5.03. The van der Waals surface area contributed by atoms with Crippen LogP contribution in [0.15, 0.2) is 24.3 Å². The number of aryl methyl sites for hydroxylation is 3. The Morgan fingerprint density at radius 1 is 1.00 bits per heavy atom. The van der Waals surface area contributed by atoms with Crippen LogP contribution in [-0.2, 0) is 0 Å². The van der Waals surface area contributed by atoms with Crippen LogP contribution in [0.2, 0.25) is 0 Å². The minimum Gasteiger partial charge on any atom is -0.496 e. The average molecular weight is 290 g/mol. The number of hydrogen-bond acceptors (Lipinski definition) is 2. The first-order chi connectivity index (χ1) is 9.86. The van der Waals surface area contributed by atoms with Crippen molar-refractivity contribution in [1.82, 2.24) is 0 Å². The normalized spacial score (nSPS) is 10.6. The molecule has 0 aliphatic rings. The first kappa shape index (κ1) is 15.2. The molecule has 0 saturated heterocycles. The molecule has 2 aromatic rings. The van der Waals surface area contributed by atoms with E-state index in [-0.39, 0.29) is 11.1 Å². The molecule has 0 radical (unpaired) electrons. The Labute approximate surface area is 122 Å². The van der Waals surface area contributed by atoms with E-state index in [1.807, 2.05) is 0 Å². The van der Waals surface area contributed by atoms with Crippen LogP contribution < -0.4 is 4.74 Å². The summed E-state index contributed by atoms with van der Waals surface area (Å²) in [5.74, 6) is -1.67. The van der Waals surface area contributed by atoms with Crippen LogP contribution in [0.1, 0.15) is 32.6 Å². The third kappa shape index (κ3) is 2.66. The molecule has 0 N–H and O–H groups in total. The summed E-state index contributed by atoms with van der Waals surface area (Å²) in [7, 11) is 1.54. The highest BCUT2D eigenvalue weighted by molar-refractivity contribution is 6.09. The van der Waals surface area contributed by atoms with Gasteiger partial charge in [-0.3, -0.25) is 4.79 Å². The van der Waals surface area contributed by atoms with Gasteiger partial charge in [-0.2, -0.15) is 0 Å². The molecule has 0 saturated carbocycles. The summed E-state index contributed by atoms with van der Waals surface area (Å²) in [5.41, 5.74) is 1.46. The van der Waals surface area contributed by atoms with Crippen LogP contribution in [0.3, 0.4) is 0 Å². The molecule has 0 amide bonds.